The average molecular weight is 310 g/mol. The summed E-state index contributed by atoms with van der Waals surface area (Å²) < 4.78 is 11.3. The summed E-state index contributed by atoms with van der Waals surface area (Å²) in [5.74, 6) is 0. The molecule has 3 aliphatic rings. The third kappa shape index (κ3) is 2.85. The number of amides is 1. The summed E-state index contributed by atoms with van der Waals surface area (Å²) in [5.41, 5.74) is -0.0212. The summed E-state index contributed by atoms with van der Waals surface area (Å²) in [5, 5.41) is 3.75. The van der Waals surface area contributed by atoms with Crippen LogP contribution in [-0.4, -0.2) is 54.5 Å². The maximum Gasteiger partial charge on any atom is 0.410 e. The molecule has 5 nitrogen and oxygen atoms in total. The minimum atomic E-state index is -0.412. The largest absolute Gasteiger partial charge is 0.444 e. The van der Waals surface area contributed by atoms with Gasteiger partial charge in [0.25, 0.3) is 0 Å². The van der Waals surface area contributed by atoms with Crippen LogP contribution < -0.4 is 5.32 Å². The molecule has 1 heterocycles. The van der Waals surface area contributed by atoms with E-state index < -0.39 is 5.60 Å². The number of rotatable bonds is 4. The number of hydrogen-bond donors (Lipinski definition) is 1. The van der Waals surface area contributed by atoms with E-state index in [-0.39, 0.29) is 6.09 Å². The zero-order valence-corrected chi connectivity index (χ0v) is 14.4. The molecule has 3 rings (SSSR count). The van der Waals surface area contributed by atoms with Crippen LogP contribution in [0.15, 0.2) is 0 Å². The Hall–Kier alpha value is -0.810. The number of carbonyl (C=O) groups is 1. The number of nitrogens with zero attached hydrogens (tertiary/aromatic N) is 1. The molecule has 2 aliphatic carbocycles. The first-order valence-electron chi connectivity index (χ1n) is 8.69. The smallest absolute Gasteiger partial charge is 0.410 e. The molecule has 126 valence electrons. The predicted octanol–water partition coefficient (Wildman–Crippen LogP) is 2.54. The second-order valence-corrected chi connectivity index (χ2v) is 8.07. The van der Waals surface area contributed by atoms with Crippen LogP contribution in [0.25, 0.3) is 0 Å². The number of ether oxygens (including phenoxy) is 2. The lowest BCUT2D eigenvalue weighted by Crippen LogP contribution is -2.72. The minimum absolute atomic E-state index is 0.190. The molecular weight excluding hydrogens is 280 g/mol. The van der Waals surface area contributed by atoms with Crippen LogP contribution in [0.1, 0.15) is 53.4 Å². The topological polar surface area (TPSA) is 50.8 Å². The Morgan fingerprint density at radius 3 is 2.50 bits per heavy atom. The van der Waals surface area contributed by atoms with Crippen molar-refractivity contribution < 1.29 is 14.3 Å². The third-order valence-corrected chi connectivity index (χ3v) is 5.41. The molecule has 22 heavy (non-hydrogen) atoms. The Labute approximate surface area is 133 Å². The lowest BCUT2D eigenvalue weighted by molar-refractivity contribution is -0.177. The molecule has 1 saturated heterocycles. The van der Waals surface area contributed by atoms with Gasteiger partial charge in [-0.15, -0.1) is 0 Å². The monoisotopic (exact) mass is 310 g/mol. The van der Waals surface area contributed by atoms with Crippen molar-refractivity contribution in [2.75, 3.05) is 19.7 Å². The van der Waals surface area contributed by atoms with Crippen molar-refractivity contribution in [2.24, 2.45) is 5.41 Å². The molecule has 2 atom stereocenters. The lowest BCUT2D eigenvalue weighted by Gasteiger charge is -2.62. The maximum atomic E-state index is 11.9. The minimum Gasteiger partial charge on any atom is -0.444 e. The molecule has 1 N–H and O–H groups in total. The summed E-state index contributed by atoms with van der Waals surface area (Å²) in [6.07, 6.45) is 5.29. The van der Waals surface area contributed by atoms with Gasteiger partial charge in [0.05, 0.1) is 6.10 Å². The Morgan fingerprint density at radius 2 is 2.00 bits per heavy atom. The second-order valence-electron chi connectivity index (χ2n) is 8.07. The number of likely N-dealkylation sites (tertiary alicyclic amines) is 1. The highest BCUT2D eigenvalue weighted by atomic mass is 16.6. The van der Waals surface area contributed by atoms with E-state index in [2.05, 4.69) is 12.2 Å². The summed E-state index contributed by atoms with van der Waals surface area (Å²) in [6.45, 7) is 10.1. The zero-order chi connectivity index (χ0) is 16.0. The van der Waals surface area contributed by atoms with Crippen molar-refractivity contribution in [3.8, 4) is 0 Å². The standard InChI is InChI=1S/C17H30N2O3/c1-5-21-14-9-13(17(14)7-6-8-17)18-12-10-19(11-12)15(20)22-16(2,3)4/h12-14,18H,5-11H2,1-4H3. The van der Waals surface area contributed by atoms with Crippen molar-refractivity contribution in [3.63, 3.8) is 0 Å². The Balaban J connectivity index is 1.42. The van der Waals surface area contributed by atoms with Gasteiger partial charge in [-0.3, -0.25) is 0 Å². The van der Waals surface area contributed by atoms with Gasteiger partial charge < -0.3 is 19.7 Å². The normalized spacial score (nSPS) is 30.5. The zero-order valence-electron chi connectivity index (χ0n) is 14.4. The molecule has 1 amide bonds. The molecule has 2 saturated carbocycles. The van der Waals surface area contributed by atoms with E-state index >= 15 is 0 Å². The van der Waals surface area contributed by atoms with Crippen molar-refractivity contribution in [3.05, 3.63) is 0 Å². The van der Waals surface area contributed by atoms with Crippen LogP contribution in [0.3, 0.4) is 0 Å². The van der Waals surface area contributed by atoms with Crippen LogP contribution in [0, 0.1) is 5.41 Å². The number of hydrogen-bond acceptors (Lipinski definition) is 4. The third-order valence-electron chi connectivity index (χ3n) is 5.41. The van der Waals surface area contributed by atoms with Crippen molar-refractivity contribution in [1.29, 1.82) is 0 Å². The average Bonchev–Trinajstić information content (AvgIpc) is 2.25. The van der Waals surface area contributed by atoms with E-state index in [1.165, 1.54) is 19.3 Å². The SMILES string of the molecule is CCOC1CC(NC2CN(C(=O)OC(C)(C)C)C2)C12CCC2. The van der Waals surface area contributed by atoms with Gasteiger partial charge in [-0.25, -0.2) is 4.79 Å². The van der Waals surface area contributed by atoms with Crippen LogP contribution in [-0.2, 0) is 9.47 Å². The van der Waals surface area contributed by atoms with Gasteiger partial charge in [0.1, 0.15) is 5.60 Å². The first kappa shape index (κ1) is 16.1. The summed E-state index contributed by atoms with van der Waals surface area (Å²) in [4.78, 5) is 13.7. The van der Waals surface area contributed by atoms with Gasteiger partial charge in [0.2, 0.25) is 0 Å². The molecular formula is C17H30N2O3. The van der Waals surface area contributed by atoms with Gasteiger partial charge in [-0.1, -0.05) is 6.42 Å². The van der Waals surface area contributed by atoms with Crippen LogP contribution in [0.5, 0.6) is 0 Å². The molecule has 1 spiro atoms. The Bertz CT molecular complexity index is 422. The summed E-state index contributed by atoms with van der Waals surface area (Å²) in [6, 6.07) is 0.987. The predicted molar refractivity (Wildman–Crippen MR) is 84.8 cm³/mol. The van der Waals surface area contributed by atoms with Gasteiger partial charge >= 0.3 is 6.09 Å². The quantitative estimate of drug-likeness (QED) is 0.867. The fraction of sp³-hybridized carbons (Fsp3) is 0.941. The molecule has 0 aromatic heterocycles. The summed E-state index contributed by atoms with van der Waals surface area (Å²) in [7, 11) is 0. The van der Waals surface area contributed by atoms with E-state index in [4.69, 9.17) is 9.47 Å². The first-order chi connectivity index (χ1) is 10.3. The Morgan fingerprint density at radius 1 is 1.32 bits per heavy atom. The highest BCUT2D eigenvalue weighted by Gasteiger charge is 2.59. The van der Waals surface area contributed by atoms with E-state index in [0.717, 1.165) is 26.1 Å². The highest BCUT2D eigenvalue weighted by molar-refractivity contribution is 5.69. The van der Waals surface area contributed by atoms with Crippen LogP contribution >= 0.6 is 0 Å². The molecule has 2 unspecified atom stereocenters. The fourth-order valence-electron chi connectivity index (χ4n) is 4.02. The van der Waals surface area contributed by atoms with Crippen LogP contribution in [0.4, 0.5) is 4.79 Å². The maximum absolute atomic E-state index is 11.9. The molecule has 3 fully saturated rings. The molecule has 0 aromatic rings. The van der Waals surface area contributed by atoms with Crippen LogP contribution in [0.2, 0.25) is 0 Å². The Kier molecular flexibility index (Phi) is 4.14. The highest BCUT2D eigenvalue weighted by Crippen LogP contribution is 2.57. The van der Waals surface area contributed by atoms with Crippen molar-refractivity contribution in [1.82, 2.24) is 10.2 Å². The van der Waals surface area contributed by atoms with E-state index in [9.17, 15) is 4.79 Å². The van der Waals surface area contributed by atoms with Gasteiger partial charge in [0, 0.05) is 37.2 Å². The fourth-order valence-corrected chi connectivity index (χ4v) is 4.02. The van der Waals surface area contributed by atoms with Gasteiger partial charge in [-0.05, 0) is 47.0 Å². The van der Waals surface area contributed by atoms with E-state index in [1.54, 1.807) is 4.90 Å². The summed E-state index contributed by atoms with van der Waals surface area (Å²) >= 11 is 0. The first-order valence-corrected chi connectivity index (χ1v) is 8.69. The molecule has 1 aliphatic heterocycles. The number of carbonyl (C=O) groups excluding carboxylic acids is 1. The van der Waals surface area contributed by atoms with Gasteiger partial charge in [0.15, 0.2) is 0 Å². The van der Waals surface area contributed by atoms with E-state index in [1.807, 2.05) is 20.8 Å². The second kappa shape index (κ2) is 5.68. The lowest BCUT2D eigenvalue weighted by atomic mass is 9.51. The van der Waals surface area contributed by atoms with E-state index in [0.29, 0.717) is 23.6 Å². The van der Waals surface area contributed by atoms with Gasteiger partial charge in [-0.2, -0.15) is 0 Å². The van der Waals surface area contributed by atoms with Crippen molar-refractivity contribution >= 4 is 6.09 Å². The molecule has 0 radical (unpaired) electrons. The molecule has 5 heteroatoms. The number of nitrogens with one attached hydrogen (secondary N) is 1. The molecule has 0 aromatic carbocycles. The molecule has 0 bridgehead atoms. The van der Waals surface area contributed by atoms with Crippen molar-refractivity contribution in [2.45, 2.75) is 77.2 Å².